The van der Waals surface area contributed by atoms with Gasteiger partial charge in [-0.25, -0.2) is 4.79 Å². The average molecular weight is 270 g/mol. The van der Waals surface area contributed by atoms with E-state index in [1.54, 1.807) is 0 Å². The first kappa shape index (κ1) is 15.8. The smallest absolute Gasteiger partial charge is 0.319 e. The van der Waals surface area contributed by atoms with Gasteiger partial charge in [0.25, 0.3) is 0 Å². The monoisotopic (exact) mass is 270 g/mol. The molecule has 1 rings (SSSR count). The van der Waals surface area contributed by atoms with Gasteiger partial charge in [0.2, 0.25) is 0 Å². The zero-order chi connectivity index (χ0) is 14.3. The maximum atomic E-state index is 12.2. The van der Waals surface area contributed by atoms with Crippen LogP contribution in [0.5, 0.6) is 0 Å². The number of aliphatic carboxylic acids is 1. The van der Waals surface area contributed by atoms with Gasteiger partial charge in [0.05, 0.1) is 0 Å². The molecule has 1 heterocycles. The lowest BCUT2D eigenvalue weighted by molar-refractivity contribution is -0.137. The van der Waals surface area contributed by atoms with Gasteiger partial charge in [0.15, 0.2) is 0 Å². The Labute approximate surface area is 115 Å². The molecule has 1 fully saturated rings. The molecule has 19 heavy (non-hydrogen) atoms. The van der Waals surface area contributed by atoms with Crippen LogP contribution in [0.1, 0.15) is 46.0 Å². The van der Waals surface area contributed by atoms with Gasteiger partial charge in [-0.05, 0) is 38.5 Å². The fourth-order valence-electron chi connectivity index (χ4n) is 2.60. The molecule has 0 aromatic heterocycles. The van der Waals surface area contributed by atoms with Crippen molar-refractivity contribution in [3.05, 3.63) is 0 Å². The Hall–Kier alpha value is -1.26. The minimum Gasteiger partial charge on any atom is -0.481 e. The first-order valence-electron chi connectivity index (χ1n) is 7.34. The van der Waals surface area contributed by atoms with Crippen LogP contribution in [0, 0.1) is 5.92 Å². The lowest BCUT2D eigenvalue weighted by Crippen LogP contribution is -2.46. The summed E-state index contributed by atoms with van der Waals surface area (Å²) in [4.78, 5) is 26.6. The van der Waals surface area contributed by atoms with Gasteiger partial charge in [-0.3, -0.25) is 4.79 Å². The van der Waals surface area contributed by atoms with Crippen LogP contribution < -0.4 is 0 Å². The van der Waals surface area contributed by atoms with Crippen LogP contribution in [0.3, 0.4) is 0 Å². The van der Waals surface area contributed by atoms with Crippen molar-refractivity contribution in [3.8, 4) is 0 Å². The topological polar surface area (TPSA) is 60.9 Å². The molecule has 0 aromatic rings. The van der Waals surface area contributed by atoms with Crippen molar-refractivity contribution in [2.45, 2.75) is 46.0 Å². The van der Waals surface area contributed by atoms with Crippen LogP contribution in [0.25, 0.3) is 0 Å². The summed E-state index contributed by atoms with van der Waals surface area (Å²) in [6.45, 7) is 7.19. The third-order valence-corrected chi connectivity index (χ3v) is 3.80. The number of carboxylic acid groups (broad SMARTS) is 1. The number of piperidine rings is 1. The molecule has 0 aromatic carbocycles. The van der Waals surface area contributed by atoms with Crippen molar-refractivity contribution < 1.29 is 14.7 Å². The molecule has 1 N–H and O–H groups in total. The molecule has 110 valence electrons. The second-order valence-corrected chi connectivity index (χ2v) is 5.23. The Morgan fingerprint density at radius 2 is 1.89 bits per heavy atom. The van der Waals surface area contributed by atoms with Crippen LogP contribution in [0.4, 0.5) is 4.79 Å². The molecule has 0 radical (unpaired) electrons. The van der Waals surface area contributed by atoms with Gasteiger partial charge < -0.3 is 14.9 Å². The molecule has 0 aliphatic carbocycles. The highest BCUT2D eigenvalue weighted by molar-refractivity contribution is 5.74. The number of hydrogen-bond acceptors (Lipinski definition) is 2. The normalized spacial score (nSPS) is 16.4. The van der Waals surface area contributed by atoms with Gasteiger partial charge >= 0.3 is 12.0 Å². The van der Waals surface area contributed by atoms with Crippen molar-refractivity contribution in [1.82, 2.24) is 9.80 Å². The van der Waals surface area contributed by atoms with E-state index in [-0.39, 0.29) is 12.5 Å². The number of carbonyl (C=O) groups excluding carboxylic acids is 1. The fraction of sp³-hybridized carbons (Fsp3) is 0.857. The minimum atomic E-state index is -0.724. The summed E-state index contributed by atoms with van der Waals surface area (Å²) < 4.78 is 0. The highest BCUT2D eigenvalue weighted by Gasteiger charge is 2.25. The lowest BCUT2D eigenvalue weighted by atomic mass is 9.92. The SMILES string of the molecule is CCCN(CC)C(=O)N1CCC(CCC(=O)O)CC1. The number of carboxylic acids is 1. The van der Waals surface area contributed by atoms with E-state index in [0.29, 0.717) is 5.92 Å². The molecular weight excluding hydrogens is 244 g/mol. The van der Waals surface area contributed by atoms with Gasteiger partial charge in [0.1, 0.15) is 0 Å². The minimum absolute atomic E-state index is 0.140. The Balaban J connectivity index is 2.36. The highest BCUT2D eigenvalue weighted by atomic mass is 16.4. The first-order valence-corrected chi connectivity index (χ1v) is 7.34. The molecule has 0 spiro atoms. The quantitative estimate of drug-likeness (QED) is 0.806. The van der Waals surface area contributed by atoms with Crippen LogP contribution in [0.2, 0.25) is 0 Å². The van der Waals surface area contributed by atoms with Crippen molar-refractivity contribution in [2.24, 2.45) is 5.92 Å². The van der Waals surface area contributed by atoms with Gasteiger partial charge in [0, 0.05) is 32.6 Å². The van der Waals surface area contributed by atoms with E-state index in [1.807, 2.05) is 16.7 Å². The standard InChI is InChI=1S/C14H26N2O3/c1-3-9-15(4-2)14(19)16-10-7-12(8-11-16)5-6-13(17)18/h12H,3-11H2,1-2H3,(H,17,18). The van der Waals surface area contributed by atoms with Gasteiger partial charge in [-0.15, -0.1) is 0 Å². The molecule has 1 saturated heterocycles. The predicted molar refractivity (Wildman–Crippen MR) is 74.1 cm³/mol. The number of hydrogen-bond donors (Lipinski definition) is 1. The Morgan fingerprint density at radius 1 is 1.26 bits per heavy atom. The maximum absolute atomic E-state index is 12.2. The van der Waals surface area contributed by atoms with E-state index in [4.69, 9.17) is 5.11 Å². The number of amides is 2. The third kappa shape index (κ3) is 5.09. The van der Waals surface area contributed by atoms with E-state index in [1.165, 1.54) is 0 Å². The van der Waals surface area contributed by atoms with Crippen molar-refractivity contribution in [3.63, 3.8) is 0 Å². The number of nitrogens with zero attached hydrogens (tertiary/aromatic N) is 2. The molecule has 1 aliphatic heterocycles. The number of rotatable bonds is 6. The average Bonchev–Trinajstić information content (AvgIpc) is 2.42. The number of carbonyl (C=O) groups is 2. The molecule has 0 atom stereocenters. The summed E-state index contributed by atoms with van der Waals surface area (Å²) in [6.07, 6.45) is 3.83. The van der Waals surface area contributed by atoms with Crippen LogP contribution in [-0.4, -0.2) is 53.1 Å². The highest BCUT2D eigenvalue weighted by Crippen LogP contribution is 2.22. The number of likely N-dealkylation sites (tertiary alicyclic amines) is 1. The Morgan fingerprint density at radius 3 is 2.37 bits per heavy atom. The fourth-order valence-corrected chi connectivity index (χ4v) is 2.60. The second-order valence-electron chi connectivity index (χ2n) is 5.23. The van der Waals surface area contributed by atoms with Gasteiger partial charge in [-0.1, -0.05) is 6.92 Å². The molecular formula is C14H26N2O3. The van der Waals surface area contributed by atoms with Crippen LogP contribution in [-0.2, 0) is 4.79 Å². The zero-order valence-electron chi connectivity index (χ0n) is 12.1. The van der Waals surface area contributed by atoms with Crippen LogP contribution >= 0.6 is 0 Å². The summed E-state index contributed by atoms with van der Waals surface area (Å²) in [5.41, 5.74) is 0. The summed E-state index contributed by atoms with van der Waals surface area (Å²) in [6, 6.07) is 0.140. The molecule has 5 heteroatoms. The van der Waals surface area contributed by atoms with E-state index in [0.717, 1.165) is 51.9 Å². The first-order chi connectivity index (χ1) is 9.08. The lowest BCUT2D eigenvalue weighted by Gasteiger charge is -2.35. The molecule has 1 aliphatic rings. The third-order valence-electron chi connectivity index (χ3n) is 3.80. The summed E-state index contributed by atoms with van der Waals surface area (Å²) >= 11 is 0. The zero-order valence-corrected chi connectivity index (χ0v) is 12.1. The van der Waals surface area contributed by atoms with Crippen molar-refractivity contribution in [2.75, 3.05) is 26.2 Å². The molecule has 5 nitrogen and oxygen atoms in total. The van der Waals surface area contributed by atoms with Crippen molar-refractivity contribution in [1.29, 1.82) is 0 Å². The molecule has 0 bridgehead atoms. The summed E-state index contributed by atoms with van der Waals surface area (Å²) in [5.74, 6) is -0.264. The summed E-state index contributed by atoms with van der Waals surface area (Å²) in [5, 5.41) is 8.68. The Bertz CT molecular complexity index is 299. The summed E-state index contributed by atoms with van der Waals surface area (Å²) in [7, 11) is 0. The van der Waals surface area contributed by atoms with E-state index in [9.17, 15) is 9.59 Å². The Kier molecular flexibility index (Phi) is 6.67. The van der Waals surface area contributed by atoms with E-state index in [2.05, 4.69) is 6.92 Å². The van der Waals surface area contributed by atoms with Crippen molar-refractivity contribution >= 4 is 12.0 Å². The maximum Gasteiger partial charge on any atom is 0.319 e. The van der Waals surface area contributed by atoms with Crippen LogP contribution in [0.15, 0.2) is 0 Å². The van der Waals surface area contributed by atoms with E-state index >= 15 is 0 Å². The number of urea groups is 1. The molecule has 0 saturated carbocycles. The largest absolute Gasteiger partial charge is 0.481 e. The molecule has 0 unspecified atom stereocenters. The van der Waals surface area contributed by atoms with E-state index < -0.39 is 5.97 Å². The van der Waals surface area contributed by atoms with Gasteiger partial charge in [-0.2, -0.15) is 0 Å². The second kappa shape index (κ2) is 8.02. The molecule has 2 amide bonds. The predicted octanol–water partition coefficient (Wildman–Crippen LogP) is 2.42.